The third-order valence-corrected chi connectivity index (χ3v) is 3.38. The summed E-state index contributed by atoms with van der Waals surface area (Å²) in [5.74, 6) is 0.910. The van der Waals surface area contributed by atoms with Crippen LogP contribution in [-0.4, -0.2) is 35.2 Å². The van der Waals surface area contributed by atoms with Crippen molar-refractivity contribution in [1.29, 1.82) is 0 Å². The molecule has 3 atom stereocenters. The molecule has 2 heteroatoms. The van der Waals surface area contributed by atoms with E-state index < -0.39 is 0 Å². The van der Waals surface area contributed by atoms with E-state index in [2.05, 4.69) is 11.8 Å². The number of aliphatic hydroxyl groups is 1. The standard InChI is InChI=1S/C10H19NO/c1-8-2-3-9(6-8)11-5-4-10(12)7-11/h8-10,12H,2-7H2,1H3. The lowest BCUT2D eigenvalue weighted by Gasteiger charge is -2.22. The molecule has 2 aliphatic rings. The number of β-amino-alcohol motifs (C(OH)–C–C–N with tert-alkyl or cyclic N) is 1. The first-order chi connectivity index (χ1) is 5.75. The lowest BCUT2D eigenvalue weighted by Crippen LogP contribution is -2.31. The van der Waals surface area contributed by atoms with Crippen LogP contribution in [0, 0.1) is 5.92 Å². The molecule has 2 rings (SSSR count). The molecule has 12 heavy (non-hydrogen) atoms. The van der Waals surface area contributed by atoms with Gasteiger partial charge in [0.15, 0.2) is 0 Å². The van der Waals surface area contributed by atoms with E-state index >= 15 is 0 Å². The first-order valence-corrected chi connectivity index (χ1v) is 5.18. The third-order valence-electron chi connectivity index (χ3n) is 3.38. The van der Waals surface area contributed by atoms with Gasteiger partial charge in [-0.25, -0.2) is 0 Å². The molecule has 0 bridgehead atoms. The van der Waals surface area contributed by atoms with Crippen LogP contribution in [0.1, 0.15) is 32.6 Å². The van der Waals surface area contributed by atoms with Gasteiger partial charge in [0.25, 0.3) is 0 Å². The summed E-state index contributed by atoms with van der Waals surface area (Å²) in [5.41, 5.74) is 0. The van der Waals surface area contributed by atoms with E-state index in [4.69, 9.17) is 0 Å². The Bertz CT molecular complexity index is 142. The molecule has 1 saturated carbocycles. The lowest BCUT2D eigenvalue weighted by atomic mass is 10.1. The molecule has 0 radical (unpaired) electrons. The lowest BCUT2D eigenvalue weighted by molar-refractivity contribution is 0.159. The second kappa shape index (κ2) is 3.35. The summed E-state index contributed by atoms with van der Waals surface area (Å²) in [4.78, 5) is 2.48. The van der Waals surface area contributed by atoms with Crippen molar-refractivity contribution in [1.82, 2.24) is 4.90 Å². The highest BCUT2D eigenvalue weighted by molar-refractivity contribution is 4.86. The molecule has 2 fully saturated rings. The summed E-state index contributed by atoms with van der Waals surface area (Å²) in [6.07, 6.45) is 5.05. The molecule has 2 nitrogen and oxygen atoms in total. The van der Waals surface area contributed by atoms with Crippen molar-refractivity contribution >= 4 is 0 Å². The van der Waals surface area contributed by atoms with Gasteiger partial charge in [0, 0.05) is 19.1 Å². The average Bonchev–Trinajstić information content (AvgIpc) is 2.58. The topological polar surface area (TPSA) is 23.5 Å². The van der Waals surface area contributed by atoms with Crippen LogP contribution >= 0.6 is 0 Å². The number of hydrogen-bond donors (Lipinski definition) is 1. The Morgan fingerprint density at radius 2 is 2.08 bits per heavy atom. The quantitative estimate of drug-likeness (QED) is 0.638. The Kier molecular flexibility index (Phi) is 2.37. The molecule has 70 valence electrons. The molecule has 0 aromatic carbocycles. The fourth-order valence-electron chi connectivity index (χ4n) is 2.61. The van der Waals surface area contributed by atoms with E-state index in [0.717, 1.165) is 31.5 Å². The van der Waals surface area contributed by atoms with E-state index in [9.17, 15) is 5.11 Å². The zero-order valence-corrected chi connectivity index (χ0v) is 7.87. The number of likely N-dealkylation sites (tertiary alicyclic amines) is 1. The van der Waals surface area contributed by atoms with Crippen molar-refractivity contribution in [2.75, 3.05) is 13.1 Å². The molecule has 3 unspecified atom stereocenters. The van der Waals surface area contributed by atoms with Crippen molar-refractivity contribution in [2.45, 2.75) is 44.8 Å². The van der Waals surface area contributed by atoms with Crippen LogP contribution in [0.5, 0.6) is 0 Å². The number of nitrogens with zero attached hydrogens (tertiary/aromatic N) is 1. The summed E-state index contributed by atoms with van der Waals surface area (Å²) >= 11 is 0. The summed E-state index contributed by atoms with van der Waals surface area (Å²) in [6.45, 7) is 4.39. The monoisotopic (exact) mass is 169 g/mol. The van der Waals surface area contributed by atoms with Crippen molar-refractivity contribution in [3.8, 4) is 0 Å². The minimum absolute atomic E-state index is 0.0408. The minimum Gasteiger partial charge on any atom is -0.392 e. The molecular weight excluding hydrogens is 150 g/mol. The number of rotatable bonds is 1. The predicted octanol–water partition coefficient (Wildman–Crippen LogP) is 1.24. The number of aliphatic hydroxyl groups excluding tert-OH is 1. The largest absolute Gasteiger partial charge is 0.392 e. The van der Waals surface area contributed by atoms with Gasteiger partial charge >= 0.3 is 0 Å². The van der Waals surface area contributed by atoms with Crippen molar-refractivity contribution in [3.63, 3.8) is 0 Å². The maximum atomic E-state index is 9.38. The highest BCUT2D eigenvalue weighted by atomic mass is 16.3. The fourth-order valence-corrected chi connectivity index (χ4v) is 2.61. The highest BCUT2D eigenvalue weighted by Crippen LogP contribution is 2.30. The Balaban J connectivity index is 1.85. The van der Waals surface area contributed by atoms with Gasteiger partial charge in [-0.15, -0.1) is 0 Å². The molecule has 0 aromatic heterocycles. The van der Waals surface area contributed by atoms with Gasteiger partial charge in [0.05, 0.1) is 6.10 Å². The summed E-state index contributed by atoms with van der Waals surface area (Å²) < 4.78 is 0. The SMILES string of the molecule is CC1CCC(N2CCC(O)C2)C1. The normalized spacial score (nSPS) is 44.0. The Labute approximate surface area is 74.6 Å². The molecule has 0 aromatic rings. The maximum absolute atomic E-state index is 9.38. The van der Waals surface area contributed by atoms with E-state index in [1.165, 1.54) is 19.3 Å². The zero-order valence-electron chi connectivity index (χ0n) is 7.87. The van der Waals surface area contributed by atoms with Crippen molar-refractivity contribution in [3.05, 3.63) is 0 Å². The van der Waals surface area contributed by atoms with Crippen LogP contribution in [0.15, 0.2) is 0 Å². The summed E-state index contributed by atoms with van der Waals surface area (Å²) in [6, 6.07) is 0.789. The van der Waals surface area contributed by atoms with E-state index in [-0.39, 0.29) is 6.10 Å². The number of hydrogen-bond acceptors (Lipinski definition) is 2. The Morgan fingerprint density at radius 3 is 2.58 bits per heavy atom. The second-order valence-electron chi connectivity index (χ2n) is 4.51. The van der Waals surface area contributed by atoms with E-state index in [1.54, 1.807) is 0 Å². The van der Waals surface area contributed by atoms with Crippen LogP contribution in [0.25, 0.3) is 0 Å². The summed E-state index contributed by atoms with van der Waals surface area (Å²) in [5, 5.41) is 9.38. The first-order valence-electron chi connectivity index (χ1n) is 5.18. The second-order valence-corrected chi connectivity index (χ2v) is 4.51. The third kappa shape index (κ3) is 1.64. The Hall–Kier alpha value is -0.0800. The molecule has 1 N–H and O–H groups in total. The predicted molar refractivity (Wildman–Crippen MR) is 49.0 cm³/mol. The van der Waals surface area contributed by atoms with Crippen LogP contribution in [0.3, 0.4) is 0 Å². The minimum atomic E-state index is -0.0408. The molecule has 1 saturated heterocycles. The van der Waals surface area contributed by atoms with Gasteiger partial charge in [-0.3, -0.25) is 4.90 Å². The zero-order chi connectivity index (χ0) is 8.55. The fraction of sp³-hybridized carbons (Fsp3) is 1.00. The van der Waals surface area contributed by atoms with Gasteiger partial charge in [-0.05, 0) is 31.6 Å². The first kappa shape index (κ1) is 8.52. The van der Waals surface area contributed by atoms with Gasteiger partial charge < -0.3 is 5.11 Å². The van der Waals surface area contributed by atoms with E-state index in [1.807, 2.05) is 0 Å². The maximum Gasteiger partial charge on any atom is 0.0679 e. The van der Waals surface area contributed by atoms with Gasteiger partial charge in [0.2, 0.25) is 0 Å². The summed E-state index contributed by atoms with van der Waals surface area (Å²) in [7, 11) is 0. The van der Waals surface area contributed by atoms with Crippen molar-refractivity contribution in [2.24, 2.45) is 5.92 Å². The van der Waals surface area contributed by atoms with Crippen LogP contribution in [0.2, 0.25) is 0 Å². The van der Waals surface area contributed by atoms with Crippen LogP contribution in [0.4, 0.5) is 0 Å². The Morgan fingerprint density at radius 1 is 1.25 bits per heavy atom. The van der Waals surface area contributed by atoms with Crippen LogP contribution < -0.4 is 0 Å². The molecular formula is C10H19NO. The van der Waals surface area contributed by atoms with Gasteiger partial charge in [-0.2, -0.15) is 0 Å². The average molecular weight is 169 g/mol. The van der Waals surface area contributed by atoms with Gasteiger partial charge in [0.1, 0.15) is 0 Å². The molecule has 0 spiro atoms. The van der Waals surface area contributed by atoms with E-state index in [0.29, 0.717) is 0 Å². The smallest absolute Gasteiger partial charge is 0.0679 e. The molecule has 1 aliphatic carbocycles. The van der Waals surface area contributed by atoms with Gasteiger partial charge in [-0.1, -0.05) is 6.92 Å². The highest BCUT2D eigenvalue weighted by Gasteiger charge is 2.31. The van der Waals surface area contributed by atoms with Crippen LogP contribution in [-0.2, 0) is 0 Å². The molecule has 1 aliphatic heterocycles. The van der Waals surface area contributed by atoms with Crippen molar-refractivity contribution < 1.29 is 5.11 Å². The molecule has 1 heterocycles. The molecule has 0 amide bonds.